The molecule has 2 amide bonds. The van der Waals surface area contributed by atoms with Crippen molar-refractivity contribution in [2.24, 2.45) is 5.92 Å². The zero-order valence-electron chi connectivity index (χ0n) is 19.1. The molecule has 0 saturated carbocycles. The topological polar surface area (TPSA) is 105 Å². The van der Waals surface area contributed by atoms with Gasteiger partial charge in [0.1, 0.15) is 12.6 Å². The molecule has 0 radical (unpaired) electrons. The van der Waals surface area contributed by atoms with E-state index in [0.29, 0.717) is 6.54 Å². The summed E-state index contributed by atoms with van der Waals surface area (Å²) in [5.74, 6) is -1.56. The fourth-order valence-electron chi connectivity index (χ4n) is 4.07. The van der Waals surface area contributed by atoms with Crippen molar-refractivity contribution in [1.29, 1.82) is 0 Å². The summed E-state index contributed by atoms with van der Waals surface area (Å²) in [6, 6.07) is 14.9. The highest BCUT2D eigenvalue weighted by Crippen LogP contribution is 2.44. The number of carboxylic acid groups (broad SMARTS) is 1. The van der Waals surface area contributed by atoms with E-state index in [1.54, 1.807) is 0 Å². The number of nitrogens with one attached hydrogen (secondary N) is 1. The van der Waals surface area contributed by atoms with Crippen LogP contribution in [0.4, 0.5) is 4.79 Å². The molecule has 0 bridgehead atoms. The monoisotopic (exact) mass is 454 g/mol. The Morgan fingerprint density at radius 3 is 2.12 bits per heavy atom. The van der Waals surface area contributed by atoms with Crippen LogP contribution in [-0.4, -0.2) is 54.4 Å². The molecule has 1 unspecified atom stereocenters. The van der Waals surface area contributed by atoms with E-state index in [2.05, 4.69) is 5.32 Å². The molecule has 3 rings (SSSR count). The lowest BCUT2D eigenvalue weighted by Gasteiger charge is -2.26. The third kappa shape index (κ3) is 5.90. The van der Waals surface area contributed by atoms with Crippen LogP contribution in [0.15, 0.2) is 48.5 Å². The Bertz CT molecular complexity index is 960. The number of hydrogen-bond acceptors (Lipinski definition) is 5. The molecule has 1 atom stereocenters. The van der Waals surface area contributed by atoms with E-state index in [1.165, 1.54) is 7.11 Å². The first kappa shape index (κ1) is 24.3. The highest BCUT2D eigenvalue weighted by molar-refractivity contribution is 5.85. The minimum atomic E-state index is -1.07. The van der Waals surface area contributed by atoms with Crippen LogP contribution in [0, 0.1) is 5.92 Å². The molecule has 0 spiro atoms. The number of carboxylic acids is 1. The Labute approximate surface area is 193 Å². The first-order valence-corrected chi connectivity index (χ1v) is 11.0. The van der Waals surface area contributed by atoms with Gasteiger partial charge in [-0.15, -0.1) is 0 Å². The molecule has 2 aromatic carbocycles. The summed E-state index contributed by atoms with van der Waals surface area (Å²) in [6.45, 7) is 4.25. The molecule has 1 aliphatic rings. The minimum absolute atomic E-state index is 0.0731. The molecular weight excluding hydrogens is 424 g/mol. The van der Waals surface area contributed by atoms with Crippen molar-refractivity contribution in [2.45, 2.75) is 38.6 Å². The van der Waals surface area contributed by atoms with Crippen LogP contribution in [0.5, 0.6) is 0 Å². The molecular formula is C25H30N2O6. The van der Waals surface area contributed by atoms with E-state index in [-0.39, 0.29) is 31.3 Å². The number of benzene rings is 2. The molecule has 1 aliphatic carbocycles. The maximum atomic E-state index is 12.9. The first-order valence-electron chi connectivity index (χ1n) is 11.0. The number of aliphatic carboxylic acids is 1. The smallest absolute Gasteiger partial charge is 0.407 e. The van der Waals surface area contributed by atoms with Gasteiger partial charge in [-0.25, -0.2) is 9.86 Å². The Morgan fingerprint density at radius 1 is 1.03 bits per heavy atom. The average molecular weight is 455 g/mol. The lowest BCUT2D eigenvalue weighted by atomic mass is 9.98. The van der Waals surface area contributed by atoms with Crippen molar-refractivity contribution in [2.75, 3.05) is 20.3 Å². The Hall–Kier alpha value is -3.39. The summed E-state index contributed by atoms with van der Waals surface area (Å²) in [5, 5.41) is 12.7. The fourth-order valence-corrected chi connectivity index (χ4v) is 4.07. The summed E-state index contributed by atoms with van der Waals surface area (Å²) >= 11 is 0. The van der Waals surface area contributed by atoms with Crippen LogP contribution in [0.1, 0.15) is 43.7 Å². The van der Waals surface area contributed by atoms with E-state index in [4.69, 9.17) is 14.7 Å². The van der Waals surface area contributed by atoms with Gasteiger partial charge in [-0.1, -0.05) is 62.4 Å². The summed E-state index contributed by atoms with van der Waals surface area (Å²) in [7, 11) is 1.36. The molecule has 176 valence electrons. The molecule has 33 heavy (non-hydrogen) atoms. The predicted octanol–water partition coefficient (Wildman–Crippen LogP) is 3.80. The van der Waals surface area contributed by atoms with Crippen molar-refractivity contribution < 1.29 is 29.1 Å². The molecule has 8 nitrogen and oxygen atoms in total. The van der Waals surface area contributed by atoms with E-state index in [9.17, 15) is 14.4 Å². The van der Waals surface area contributed by atoms with E-state index in [1.807, 2.05) is 62.4 Å². The van der Waals surface area contributed by atoms with Gasteiger partial charge in [0, 0.05) is 12.3 Å². The number of amides is 2. The molecule has 0 heterocycles. The number of hydrogen-bond donors (Lipinski definition) is 2. The van der Waals surface area contributed by atoms with Gasteiger partial charge in [0.05, 0.1) is 13.7 Å². The number of fused-ring (bicyclic) bond motifs is 3. The van der Waals surface area contributed by atoms with Crippen molar-refractivity contribution in [3.05, 3.63) is 59.7 Å². The van der Waals surface area contributed by atoms with Crippen molar-refractivity contribution >= 4 is 18.0 Å². The van der Waals surface area contributed by atoms with Crippen LogP contribution in [-0.2, 0) is 19.2 Å². The SMILES string of the molecule is CON(CC(C)C)C(=O)C(CCC(=O)O)NC(=O)OCC1c2ccccc2-c2ccccc21. The Balaban J connectivity index is 1.69. The van der Waals surface area contributed by atoms with Crippen molar-refractivity contribution in [3.8, 4) is 11.1 Å². The Morgan fingerprint density at radius 2 is 1.61 bits per heavy atom. The zero-order valence-corrected chi connectivity index (χ0v) is 19.1. The van der Waals surface area contributed by atoms with Crippen LogP contribution >= 0.6 is 0 Å². The van der Waals surface area contributed by atoms with E-state index in [0.717, 1.165) is 27.3 Å². The van der Waals surface area contributed by atoms with Gasteiger partial charge in [-0.3, -0.25) is 14.4 Å². The van der Waals surface area contributed by atoms with Crippen LogP contribution in [0.2, 0.25) is 0 Å². The number of ether oxygens (including phenoxy) is 1. The van der Waals surface area contributed by atoms with E-state index >= 15 is 0 Å². The number of alkyl carbamates (subject to hydrolysis) is 1. The summed E-state index contributed by atoms with van der Waals surface area (Å²) in [6.07, 6.45) is -1.13. The molecule has 0 saturated heterocycles. The van der Waals surface area contributed by atoms with Crippen LogP contribution in [0.3, 0.4) is 0 Å². The average Bonchev–Trinajstić information content (AvgIpc) is 3.12. The van der Waals surface area contributed by atoms with Crippen LogP contribution < -0.4 is 5.32 Å². The lowest BCUT2D eigenvalue weighted by Crippen LogP contribution is -2.49. The fraction of sp³-hybridized carbons (Fsp3) is 0.400. The second-order valence-corrected chi connectivity index (χ2v) is 8.43. The minimum Gasteiger partial charge on any atom is -0.481 e. The maximum absolute atomic E-state index is 12.9. The summed E-state index contributed by atoms with van der Waals surface area (Å²) < 4.78 is 5.51. The highest BCUT2D eigenvalue weighted by atomic mass is 16.7. The van der Waals surface area contributed by atoms with Gasteiger partial charge in [0.2, 0.25) is 0 Å². The number of carbonyl (C=O) groups is 3. The molecule has 0 aliphatic heterocycles. The van der Waals surface area contributed by atoms with Gasteiger partial charge in [0.25, 0.3) is 5.91 Å². The summed E-state index contributed by atoms with van der Waals surface area (Å²) in [4.78, 5) is 41.7. The Kier molecular flexibility index (Phi) is 8.06. The van der Waals surface area contributed by atoms with Gasteiger partial charge in [-0.2, -0.15) is 0 Å². The van der Waals surface area contributed by atoms with Gasteiger partial charge in [0.15, 0.2) is 0 Å². The second-order valence-electron chi connectivity index (χ2n) is 8.43. The molecule has 8 heteroatoms. The number of nitrogens with zero attached hydrogens (tertiary/aromatic N) is 1. The normalized spacial score (nSPS) is 13.2. The van der Waals surface area contributed by atoms with E-state index < -0.39 is 24.0 Å². The second kappa shape index (κ2) is 11.0. The number of carbonyl (C=O) groups excluding carboxylic acids is 2. The number of rotatable bonds is 10. The molecule has 2 N–H and O–H groups in total. The molecule has 0 fully saturated rings. The zero-order chi connectivity index (χ0) is 24.0. The van der Waals surface area contributed by atoms with Crippen molar-refractivity contribution in [1.82, 2.24) is 10.4 Å². The third-order valence-corrected chi connectivity index (χ3v) is 5.58. The largest absolute Gasteiger partial charge is 0.481 e. The quantitative estimate of drug-likeness (QED) is 0.529. The molecule has 2 aromatic rings. The third-order valence-electron chi connectivity index (χ3n) is 5.58. The van der Waals surface area contributed by atoms with Gasteiger partial charge >= 0.3 is 12.1 Å². The van der Waals surface area contributed by atoms with Crippen molar-refractivity contribution in [3.63, 3.8) is 0 Å². The molecule has 0 aromatic heterocycles. The number of hydroxylamine groups is 2. The van der Waals surface area contributed by atoms with Gasteiger partial charge < -0.3 is 15.2 Å². The predicted molar refractivity (Wildman–Crippen MR) is 122 cm³/mol. The first-order chi connectivity index (χ1) is 15.8. The van der Waals surface area contributed by atoms with Gasteiger partial charge in [-0.05, 0) is 34.6 Å². The van der Waals surface area contributed by atoms with Crippen LogP contribution in [0.25, 0.3) is 11.1 Å². The summed E-state index contributed by atoms with van der Waals surface area (Å²) in [5.41, 5.74) is 4.38. The lowest BCUT2D eigenvalue weighted by molar-refractivity contribution is -0.181. The standard InChI is InChI=1S/C25H30N2O6/c1-16(2)14-27(32-3)24(30)22(12-13-23(28)29)26-25(31)33-15-21-19-10-6-4-8-17(19)18-9-5-7-11-20(18)21/h4-11,16,21-22H,12-15H2,1-3H3,(H,26,31)(H,28,29). The maximum Gasteiger partial charge on any atom is 0.407 e. The highest BCUT2D eigenvalue weighted by Gasteiger charge is 2.31.